The number of aromatic nitrogens is 4. The number of alkyl halides is 1. The van der Waals surface area contributed by atoms with Gasteiger partial charge in [0, 0.05) is 55.4 Å². The van der Waals surface area contributed by atoms with Gasteiger partial charge in [-0.3, -0.25) is 19.1 Å². The summed E-state index contributed by atoms with van der Waals surface area (Å²) < 4.78 is 87.1. The Hall–Kier alpha value is -4.11. The monoisotopic (exact) mass is 591 g/mol. The van der Waals surface area contributed by atoms with Crippen molar-refractivity contribution in [2.24, 2.45) is 0 Å². The van der Waals surface area contributed by atoms with Crippen molar-refractivity contribution >= 4 is 32.7 Å². The van der Waals surface area contributed by atoms with E-state index in [2.05, 4.69) is 25.6 Å². The molecule has 1 fully saturated rings. The van der Waals surface area contributed by atoms with E-state index in [0.717, 1.165) is 0 Å². The molecule has 1 aliphatic heterocycles. The van der Waals surface area contributed by atoms with Crippen LogP contribution in [-0.4, -0.2) is 53.2 Å². The van der Waals surface area contributed by atoms with Crippen molar-refractivity contribution in [2.45, 2.75) is 37.9 Å². The first-order valence-corrected chi connectivity index (χ1v) is 14.3. The summed E-state index contributed by atoms with van der Waals surface area (Å²) in [6.07, 6.45) is 1.92. The number of anilines is 2. The number of nitrogens with one attached hydrogen (secondary N) is 3. The smallest absolute Gasteiger partial charge is 0.260 e. The van der Waals surface area contributed by atoms with E-state index in [1.165, 1.54) is 35.2 Å². The minimum atomic E-state index is -4.36. The molecule has 4 aromatic rings. The fraction of sp³-hybridized carbons (Fsp3) is 0.308. The summed E-state index contributed by atoms with van der Waals surface area (Å²) >= 11 is 0. The van der Waals surface area contributed by atoms with Crippen molar-refractivity contribution in [3.05, 3.63) is 76.2 Å². The molecule has 216 valence electrons. The molecule has 0 radical (unpaired) electrons. The van der Waals surface area contributed by atoms with Crippen LogP contribution in [0.15, 0.2) is 47.5 Å². The average molecular weight is 592 g/mol. The fourth-order valence-electron chi connectivity index (χ4n) is 4.65. The lowest BCUT2D eigenvalue weighted by Crippen LogP contribution is -2.44. The van der Waals surface area contributed by atoms with Crippen molar-refractivity contribution in [1.82, 2.24) is 24.8 Å². The molecule has 1 aromatic carbocycles. The van der Waals surface area contributed by atoms with Gasteiger partial charge in [0.2, 0.25) is 16.0 Å². The van der Waals surface area contributed by atoms with Gasteiger partial charge in [0.25, 0.3) is 5.56 Å². The molecule has 0 amide bonds. The molecule has 0 bridgehead atoms. The Balaban J connectivity index is 1.50. The summed E-state index contributed by atoms with van der Waals surface area (Å²) in [4.78, 5) is 25.8. The highest BCUT2D eigenvalue weighted by Gasteiger charge is 2.26. The quantitative estimate of drug-likeness (QED) is 0.210. The zero-order chi connectivity index (χ0) is 29.3. The molecule has 15 heteroatoms. The Morgan fingerprint density at radius 3 is 2.61 bits per heavy atom. The fourth-order valence-corrected chi connectivity index (χ4v) is 5.78. The van der Waals surface area contributed by atoms with Gasteiger partial charge in [0.05, 0.1) is 11.3 Å². The van der Waals surface area contributed by atoms with Crippen LogP contribution in [0.5, 0.6) is 0 Å². The number of nitrogens with zero attached hydrogens (tertiary/aromatic N) is 4. The number of hydrogen-bond donors (Lipinski definition) is 3. The molecule has 4 heterocycles. The third kappa shape index (κ3) is 6.00. The zero-order valence-corrected chi connectivity index (χ0v) is 22.5. The first-order chi connectivity index (χ1) is 19.6. The summed E-state index contributed by atoms with van der Waals surface area (Å²) in [5, 5.41) is 6.26. The van der Waals surface area contributed by atoms with E-state index in [-0.39, 0.29) is 53.8 Å². The maximum absolute atomic E-state index is 15.3. The second-order valence-electron chi connectivity index (χ2n) is 9.50. The van der Waals surface area contributed by atoms with Crippen LogP contribution >= 0.6 is 0 Å². The number of fused-ring (bicyclic) bond motifs is 1. The van der Waals surface area contributed by atoms with Crippen molar-refractivity contribution in [3.8, 4) is 11.1 Å². The van der Waals surface area contributed by atoms with E-state index in [4.69, 9.17) is 0 Å². The molecule has 10 nitrogen and oxygen atoms in total. The normalized spacial score (nSPS) is 17.5. The number of piperidine rings is 1. The minimum absolute atomic E-state index is 0.0785. The lowest BCUT2D eigenvalue weighted by Gasteiger charge is -2.26. The third-order valence-electron chi connectivity index (χ3n) is 6.54. The van der Waals surface area contributed by atoms with E-state index in [9.17, 15) is 17.6 Å². The summed E-state index contributed by atoms with van der Waals surface area (Å²) in [5.74, 6) is -5.40. The predicted molar refractivity (Wildman–Crippen MR) is 145 cm³/mol. The second kappa shape index (κ2) is 11.4. The van der Waals surface area contributed by atoms with Crippen LogP contribution in [0.2, 0.25) is 0 Å². The van der Waals surface area contributed by atoms with Gasteiger partial charge in [-0.2, -0.15) is 4.98 Å². The Kier molecular flexibility index (Phi) is 7.91. The SMILES string of the molecule is CCn1c(=O)c(-c2cc(F)c(NS(=O)(=O)Cc3ccccn3)c(F)c2F)cc2cnc(N[C@@H]3CNC[C@@H](F)C3)nc21. The van der Waals surface area contributed by atoms with E-state index >= 15 is 13.2 Å². The maximum atomic E-state index is 15.3. The summed E-state index contributed by atoms with van der Waals surface area (Å²) in [7, 11) is -4.36. The van der Waals surface area contributed by atoms with Crippen molar-refractivity contribution in [2.75, 3.05) is 23.1 Å². The van der Waals surface area contributed by atoms with Crippen LogP contribution in [0.1, 0.15) is 19.0 Å². The number of aryl methyl sites for hydroxylation is 1. The minimum Gasteiger partial charge on any atom is -0.350 e. The molecule has 3 N–H and O–H groups in total. The number of pyridine rings is 2. The van der Waals surface area contributed by atoms with Crippen molar-refractivity contribution < 1.29 is 26.0 Å². The molecule has 0 aliphatic carbocycles. The van der Waals surface area contributed by atoms with Gasteiger partial charge < -0.3 is 10.6 Å². The molecule has 0 saturated carbocycles. The molecule has 1 saturated heterocycles. The lowest BCUT2D eigenvalue weighted by molar-refractivity contribution is 0.254. The van der Waals surface area contributed by atoms with Crippen LogP contribution in [0.4, 0.5) is 29.2 Å². The third-order valence-corrected chi connectivity index (χ3v) is 7.73. The van der Waals surface area contributed by atoms with Crippen molar-refractivity contribution in [1.29, 1.82) is 0 Å². The standard InChI is InChI=1S/C26H25F4N7O3S/c1-2-37-24-14(10-33-26(35-24)34-17-8-15(27)11-31-12-17)7-19(25(37)38)18-9-20(28)23(22(30)21(18)29)36-41(39,40)13-16-5-3-4-6-32-16/h3-7,9-10,15,17,31,36H,2,8,11-13H2,1H3,(H,33,34,35)/t15-,17-/m0/s1. The number of halogens is 4. The summed E-state index contributed by atoms with van der Waals surface area (Å²) in [6.45, 7) is 2.46. The van der Waals surface area contributed by atoms with E-state index in [1.807, 2.05) is 0 Å². The van der Waals surface area contributed by atoms with Crippen LogP contribution < -0.4 is 20.9 Å². The topological polar surface area (TPSA) is 131 Å². The zero-order valence-electron chi connectivity index (χ0n) is 21.7. The Morgan fingerprint density at radius 1 is 1.10 bits per heavy atom. The molecular weight excluding hydrogens is 566 g/mol. The lowest BCUT2D eigenvalue weighted by atomic mass is 10.0. The predicted octanol–water partition coefficient (Wildman–Crippen LogP) is 3.34. The average Bonchev–Trinajstić information content (AvgIpc) is 2.93. The Bertz CT molecular complexity index is 1770. The van der Waals surface area contributed by atoms with Gasteiger partial charge in [-0.05, 0) is 31.2 Å². The molecule has 0 spiro atoms. The first kappa shape index (κ1) is 28.4. The number of benzene rings is 1. The van der Waals surface area contributed by atoms with Gasteiger partial charge in [-0.1, -0.05) is 6.07 Å². The Morgan fingerprint density at radius 2 is 1.90 bits per heavy atom. The van der Waals surface area contributed by atoms with Crippen LogP contribution in [0.25, 0.3) is 22.2 Å². The molecule has 2 atom stereocenters. The molecule has 1 aliphatic rings. The Labute approximate surface area is 231 Å². The van der Waals surface area contributed by atoms with Gasteiger partial charge >= 0.3 is 0 Å². The summed E-state index contributed by atoms with van der Waals surface area (Å²) in [6, 6.07) is 5.99. The molecular formula is C26H25F4N7O3S. The molecule has 0 unspecified atom stereocenters. The van der Waals surface area contributed by atoms with Crippen LogP contribution in [-0.2, 0) is 22.3 Å². The maximum Gasteiger partial charge on any atom is 0.260 e. The van der Waals surface area contributed by atoms with Gasteiger partial charge in [-0.25, -0.2) is 31.0 Å². The van der Waals surface area contributed by atoms with Gasteiger partial charge in [0.1, 0.15) is 23.3 Å². The number of rotatable bonds is 8. The van der Waals surface area contributed by atoms with E-state index in [0.29, 0.717) is 12.6 Å². The highest BCUT2D eigenvalue weighted by Crippen LogP contribution is 2.32. The second-order valence-corrected chi connectivity index (χ2v) is 11.2. The largest absolute Gasteiger partial charge is 0.350 e. The van der Waals surface area contributed by atoms with Gasteiger partial charge in [-0.15, -0.1) is 0 Å². The van der Waals surface area contributed by atoms with Crippen molar-refractivity contribution in [3.63, 3.8) is 0 Å². The number of sulfonamides is 1. The highest BCUT2D eigenvalue weighted by molar-refractivity contribution is 7.91. The highest BCUT2D eigenvalue weighted by atomic mass is 32.2. The summed E-state index contributed by atoms with van der Waals surface area (Å²) in [5.41, 5.74) is -2.79. The molecule has 41 heavy (non-hydrogen) atoms. The van der Waals surface area contributed by atoms with Crippen LogP contribution in [0, 0.1) is 17.5 Å². The van der Waals surface area contributed by atoms with E-state index in [1.54, 1.807) is 17.7 Å². The first-order valence-electron chi connectivity index (χ1n) is 12.7. The van der Waals surface area contributed by atoms with Gasteiger partial charge in [0.15, 0.2) is 17.5 Å². The molecule has 3 aromatic heterocycles. The van der Waals surface area contributed by atoms with Crippen LogP contribution in [0.3, 0.4) is 0 Å². The number of hydrogen-bond acceptors (Lipinski definition) is 8. The molecule has 5 rings (SSSR count). The van der Waals surface area contributed by atoms with E-state index < -0.39 is 56.2 Å².